The first-order chi connectivity index (χ1) is 14.2. The van der Waals surface area contributed by atoms with Crippen LogP contribution in [0, 0.1) is 10.1 Å². The number of rotatable bonds is 11. The first-order valence-corrected chi connectivity index (χ1v) is 9.80. The lowest BCUT2D eigenvalue weighted by atomic mass is 10.2. The molecule has 0 radical (unpaired) electrons. The molecule has 2 aromatic rings. The number of nitrogens with zero attached hydrogens (tertiary/aromatic N) is 2. The molecular formula is C21H29N3O6. The molecule has 0 saturated heterocycles. The normalized spacial score (nSPS) is 11.2. The summed E-state index contributed by atoms with van der Waals surface area (Å²) in [7, 11) is 1.55. The van der Waals surface area contributed by atoms with Crippen LogP contribution in [0.15, 0.2) is 34.7 Å². The van der Waals surface area contributed by atoms with Crippen molar-refractivity contribution in [3.05, 3.63) is 46.2 Å². The molecule has 30 heavy (non-hydrogen) atoms. The van der Waals surface area contributed by atoms with Crippen molar-refractivity contribution in [2.45, 2.75) is 46.2 Å². The molecule has 0 atom stereocenters. The standard InChI is InChI=1S/C21H29N3O6/c1-14(2)23(15(3)4)10-11-29-19-12-16(6-8-18(19)28-5)22-20(25)13-17-7-9-21(30-17)24(26)27/h6-9,12,14-15H,10-11,13H2,1-5H3,(H,22,25). The van der Waals surface area contributed by atoms with E-state index >= 15 is 0 Å². The van der Waals surface area contributed by atoms with E-state index < -0.39 is 10.8 Å². The minimum Gasteiger partial charge on any atom is -0.493 e. The Morgan fingerprint density at radius 3 is 2.43 bits per heavy atom. The van der Waals surface area contributed by atoms with Crippen LogP contribution in [0.25, 0.3) is 0 Å². The van der Waals surface area contributed by atoms with Crippen LogP contribution in [-0.4, -0.2) is 48.1 Å². The van der Waals surface area contributed by atoms with Gasteiger partial charge in [0.05, 0.1) is 19.6 Å². The van der Waals surface area contributed by atoms with Crippen molar-refractivity contribution in [3.8, 4) is 11.5 Å². The monoisotopic (exact) mass is 419 g/mol. The Kier molecular flexibility index (Phi) is 8.23. The van der Waals surface area contributed by atoms with Crippen molar-refractivity contribution in [2.75, 3.05) is 25.6 Å². The quantitative estimate of drug-likeness (QED) is 0.435. The summed E-state index contributed by atoms with van der Waals surface area (Å²) in [6, 6.07) is 8.54. The van der Waals surface area contributed by atoms with Crippen LogP contribution in [0.2, 0.25) is 0 Å². The number of hydrogen-bond donors (Lipinski definition) is 1. The van der Waals surface area contributed by atoms with Gasteiger partial charge in [-0.2, -0.15) is 0 Å². The summed E-state index contributed by atoms with van der Waals surface area (Å²) in [6.45, 7) is 9.80. The van der Waals surface area contributed by atoms with Crippen LogP contribution in [0.1, 0.15) is 33.5 Å². The molecule has 2 rings (SSSR count). The number of carbonyl (C=O) groups excluding carboxylic acids is 1. The minimum atomic E-state index is -0.645. The van der Waals surface area contributed by atoms with Crippen molar-refractivity contribution < 1.29 is 23.6 Å². The van der Waals surface area contributed by atoms with Gasteiger partial charge in [-0.3, -0.25) is 19.8 Å². The fourth-order valence-corrected chi connectivity index (χ4v) is 3.16. The molecule has 0 bridgehead atoms. The molecule has 1 aromatic heterocycles. The van der Waals surface area contributed by atoms with E-state index in [9.17, 15) is 14.9 Å². The lowest BCUT2D eigenvalue weighted by molar-refractivity contribution is -0.402. The maximum Gasteiger partial charge on any atom is 0.433 e. The third kappa shape index (κ3) is 6.48. The zero-order valence-electron chi connectivity index (χ0n) is 18.0. The summed E-state index contributed by atoms with van der Waals surface area (Å²) in [5, 5.41) is 13.4. The smallest absolute Gasteiger partial charge is 0.433 e. The molecule has 0 aliphatic rings. The Morgan fingerprint density at radius 2 is 1.87 bits per heavy atom. The molecular weight excluding hydrogens is 390 g/mol. The second kappa shape index (κ2) is 10.6. The Balaban J connectivity index is 2.00. The highest BCUT2D eigenvalue weighted by molar-refractivity contribution is 5.92. The van der Waals surface area contributed by atoms with E-state index in [1.165, 1.54) is 12.1 Å². The summed E-state index contributed by atoms with van der Waals surface area (Å²) in [5.41, 5.74) is 0.529. The number of nitro groups is 1. The summed E-state index contributed by atoms with van der Waals surface area (Å²) in [6.07, 6.45) is -0.117. The predicted molar refractivity (Wildman–Crippen MR) is 113 cm³/mol. The number of amides is 1. The third-order valence-corrected chi connectivity index (χ3v) is 4.54. The summed E-state index contributed by atoms with van der Waals surface area (Å²) < 4.78 is 16.3. The fourth-order valence-electron chi connectivity index (χ4n) is 3.16. The maximum atomic E-state index is 12.3. The molecule has 0 aliphatic heterocycles. The Bertz CT molecular complexity index is 854. The third-order valence-electron chi connectivity index (χ3n) is 4.54. The SMILES string of the molecule is COc1ccc(NC(=O)Cc2ccc([N+](=O)[O-])o2)cc1OCCN(C(C)C)C(C)C. The van der Waals surface area contributed by atoms with Crippen LogP contribution in [-0.2, 0) is 11.2 Å². The zero-order chi connectivity index (χ0) is 22.3. The van der Waals surface area contributed by atoms with Crippen LogP contribution in [0.4, 0.5) is 11.6 Å². The highest BCUT2D eigenvalue weighted by atomic mass is 16.6. The predicted octanol–water partition coefficient (Wildman–Crippen LogP) is 3.88. The van der Waals surface area contributed by atoms with E-state index in [0.717, 1.165) is 6.54 Å². The first kappa shape index (κ1) is 23.2. The molecule has 164 valence electrons. The van der Waals surface area contributed by atoms with Crippen molar-refractivity contribution in [1.29, 1.82) is 0 Å². The van der Waals surface area contributed by atoms with E-state index in [-0.39, 0.29) is 18.1 Å². The fraction of sp³-hybridized carbons (Fsp3) is 0.476. The van der Waals surface area contributed by atoms with Crippen LogP contribution < -0.4 is 14.8 Å². The van der Waals surface area contributed by atoms with Gasteiger partial charge >= 0.3 is 5.88 Å². The molecule has 0 aliphatic carbocycles. The van der Waals surface area contributed by atoms with E-state index in [2.05, 4.69) is 37.9 Å². The number of hydrogen-bond acceptors (Lipinski definition) is 7. The Labute approximate surface area is 176 Å². The number of anilines is 1. The van der Waals surface area contributed by atoms with Gasteiger partial charge in [-0.1, -0.05) is 0 Å². The van der Waals surface area contributed by atoms with Crippen molar-refractivity contribution in [2.24, 2.45) is 0 Å². The van der Waals surface area contributed by atoms with Crippen molar-refractivity contribution >= 4 is 17.5 Å². The number of nitrogens with one attached hydrogen (secondary N) is 1. The van der Waals surface area contributed by atoms with Crippen LogP contribution in [0.5, 0.6) is 11.5 Å². The van der Waals surface area contributed by atoms with Gasteiger partial charge in [-0.05, 0) is 45.9 Å². The topological polar surface area (TPSA) is 107 Å². The van der Waals surface area contributed by atoms with Crippen molar-refractivity contribution in [1.82, 2.24) is 4.90 Å². The van der Waals surface area contributed by atoms with Gasteiger partial charge < -0.3 is 19.2 Å². The van der Waals surface area contributed by atoms with E-state index in [1.54, 1.807) is 25.3 Å². The Hall–Kier alpha value is -3.07. The molecule has 1 heterocycles. The van der Waals surface area contributed by atoms with Gasteiger partial charge in [-0.15, -0.1) is 0 Å². The minimum absolute atomic E-state index is 0.117. The van der Waals surface area contributed by atoms with E-state index in [1.807, 2.05) is 0 Å². The van der Waals surface area contributed by atoms with Gasteiger partial charge in [0, 0.05) is 30.4 Å². The molecule has 0 saturated carbocycles. The average molecular weight is 419 g/mol. The molecule has 1 amide bonds. The van der Waals surface area contributed by atoms with E-state index in [4.69, 9.17) is 13.9 Å². The van der Waals surface area contributed by atoms with Crippen LogP contribution in [0.3, 0.4) is 0 Å². The highest BCUT2D eigenvalue weighted by Crippen LogP contribution is 2.30. The summed E-state index contributed by atoms with van der Waals surface area (Å²) >= 11 is 0. The van der Waals surface area contributed by atoms with Gasteiger partial charge in [0.2, 0.25) is 5.91 Å². The number of benzene rings is 1. The summed E-state index contributed by atoms with van der Waals surface area (Å²) in [5.74, 6) is 0.550. The second-order valence-electron chi connectivity index (χ2n) is 7.36. The van der Waals surface area contributed by atoms with Gasteiger partial charge in [-0.25, -0.2) is 0 Å². The largest absolute Gasteiger partial charge is 0.493 e. The molecule has 0 spiro atoms. The lowest BCUT2D eigenvalue weighted by Gasteiger charge is -2.30. The van der Waals surface area contributed by atoms with Gasteiger partial charge in [0.15, 0.2) is 11.5 Å². The lowest BCUT2D eigenvalue weighted by Crippen LogP contribution is -2.39. The zero-order valence-corrected chi connectivity index (χ0v) is 18.0. The molecule has 9 heteroatoms. The number of carbonyl (C=O) groups is 1. The molecule has 1 N–H and O–H groups in total. The van der Waals surface area contributed by atoms with Gasteiger partial charge in [0.25, 0.3) is 0 Å². The van der Waals surface area contributed by atoms with Crippen LogP contribution >= 0.6 is 0 Å². The molecule has 0 fully saturated rings. The number of methoxy groups -OCH3 is 1. The number of ether oxygens (including phenoxy) is 2. The highest BCUT2D eigenvalue weighted by Gasteiger charge is 2.16. The van der Waals surface area contributed by atoms with Gasteiger partial charge in [0.1, 0.15) is 17.3 Å². The maximum absolute atomic E-state index is 12.3. The molecule has 0 unspecified atom stereocenters. The van der Waals surface area contributed by atoms with E-state index in [0.29, 0.717) is 35.9 Å². The average Bonchev–Trinajstić information content (AvgIpc) is 3.13. The van der Waals surface area contributed by atoms with Crippen molar-refractivity contribution in [3.63, 3.8) is 0 Å². The second-order valence-corrected chi connectivity index (χ2v) is 7.36. The first-order valence-electron chi connectivity index (χ1n) is 9.80. The Morgan fingerprint density at radius 1 is 1.17 bits per heavy atom. The number of furan rings is 1. The molecule has 1 aromatic carbocycles. The summed E-state index contributed by atoms with van der Waals surface area (Å²) in [4.78, 5) is 24.6. The molecule has 9 nitrogen and oxygen atoms in total.